The molecule has 2 aliphatic rings. The lowest BCUT2D eigenvalue weighted by molar-refractivity contribution is 0.0172. The van der Waals surface area contributed by atoms with E-state index in [9.17, 15) is 13.2 Å². The summed E-state index contributed by atoms with van der Waals surface area (Å²) >= 11 is 0. The molecule has 1 amide bonds. The molecule has 2 heterocycles. The van der Waals surface area contributed by atoms with Gasteiger partial charge in [0.15, 0.2) is 0 Å². The van der Waals surface area contributed by atoms with Crippen LogP contribution in [0.3, 0.4) is 0 Å². The first kappa shape index (κ1) is 16.7. The first-order chi connectivity index (χ1) is 11.4. The van der Waals surface area contributed by atoms with Crippen LogP contribution in [0.2, 0.25) is 0 Å². The maximum Gasteiger partial charge on any atom is 0.410 e. The number of amides is 1. The number of ether oxygens (including phenoxy) is 1. The molecular formula is C16H19N3O4S. The topological polar surface area (TPSA) is 90.7 Å². The van der Waals surface area contributed by atoms with E-state index in [0.717, 1.165) is 0 Å². The van der Waals surface area contributed by atoms with E-state index in [1.54, 1.807) is 31.3 Å². The molecule has 0 atom stereocenters. The highest BCUT2D eigenvalue weighted by molar-refractivity contribution is 7.89. The summed E-state index contributed by atoms with van der Waals surface area (Å²) in [4.78, 5) is 13.3. The van der Waals surface area contributed by atoms with Crippen molar-refractivity contribution in [1.29, 1.82) is 5.26 Å². The van der Waals surface area contributed by atoms with Crippen LogP contribution in [-0.2, 0) is 21.2 Å². The maximum absolute atomic E-state index is 12.8. The predicted octanol–water partition coefficient (Wildman–Crippen LogP) is 1.36. The molecule has 0 bridgehead atoms. The standard InChI is InChI=1S/C16H19N3O4S/c1-18-12-16(23-15(18)20)6-9-19(10-7-16)24(21,22)14-4-2-3-13(11-14)5-8-17/h2-4,11H,5-7,9-10,12H2,1H3. The van der Waals surface area contributed by atoms with Crippen LogP contribution in [0.25, 0.3) is 0 Å². The summed E-state index contributed by atoms with van der Waals surface area (Å²) in [5.74, 6) is 0. The fourth-order valence-corrected chi connectivity index (χ4v) is 4.75. The quantitative estimate of drug-likeness (QED) is 0.822. The fraction of sp³-hybridized carbons (Fsp3) is 0.500. The Labute approximate surface area is 141 Å². The van der Waals surface area contributed by atoms with Gasteiger partial charge in [0, 0.05) is 33.0 Å². The van der Waals surface area contributed by atoms with Crippen LogP contribution in [0.5, 0.6) is 0 Å². The molecule has 128 valence electrons. The highest BCUT2D eigenvalue weighted by atomic mass is 32.2. The van der Waals surface area contributed by atoms with Gasteiger partial charge in [-0.2, -0.15) is 9.57 Å². The van der Waals surface area contributed by atoms with Gasteiger partial charge >= 0.3 is 6.09 Å². The number of rotatable bonds is 3. The third kappa shape index (κ3) is 2.97. The van der Waals surface area contributed by atoms with Gasteiger partial charge in [-0.05, 0) is 17.7 Å². The Morgan fingerprint density at radius 1 is 1.33 bits per heavy atom. The van der Waals surface area contributed by atoms with E-state index in [4.69, 9.17) is 10.00 Å². The van der Waals surface area contributed by atoms with Gasteiger partial charge in [-0.25, -0.2) is 13.2 Å². The van der Waals surface area contributed by atoms with Crippen LogP contribution < -0.4 is 0 Å². The number of carbonyl (C=O) groups excluding carboxylic acids is 1. The molecule has 0 unspecified atom stereocenters. The zero-order valence-corrected chi connectivity index (χ0v) is 14.3. The predicted molar refractivity (Wildman–Crippen MR) is 85.6 cm³/mol. The lowest BCUT2D eigenvalue weighted by Crippen LogP contribution is -2.48. The van der Waals surface area contributed by atoms with Gasteiger partial charge in [0.1, 0.15) is 5.60 Å². The molecule has 0 aliphatic carbocycles. The molecule has 24 heavy (non-hydrogen) atoms. The van der Waals surface area contributed by atoms with Crippen molar-refractivity contribution in [3.8, 4) is 6.07 Å². The van der Waals surface area contributed by atoms with Gasteiger partial charge in [0.25, 0.3) is 0 Å². The molecule has 1 aromatic rings. The van der Waals surface area contributed by atoms with E-state index in [-0.39, 0.29) is 17.4 Å². The average Bonchev–Trinajstić information content (AvgIpc) is 2.82. The zero-order valence-electron chi connectivity index (χ0n) is 13.4. The monoisotopic (exact) mass is 349 g/mol. The zero-order chi connectivity index (χ0) is 17.4. The third-order valence-electron chi connectivity index (χ3n) is 4.59. The molecule has 3 rings (SSSR count). The minimum atomic E-state index is -3.61. The normalized spacial score (nSPS) is 20.8. The van der Waals surface area contributed by atoms with Gasteiger partial charge in [-0.1, -0.05) is 12.1 Å². The lowest BCUT2D eigenvalue weighted by Gasteiger charge is -2.36. The van der Waals surface area contributed by atoms with E-state index in [1.165, 1.54) is 9.21 Å². The Bertz CT molecular complexity index is 792. The second-order valence-electron chi connectivity index (χ2n) is 6.29. The molecule has 1 spiro atoms. The molecule has 0 radical (unpaired) electrons. The SMILES string of the molecule is CN1CC2(CCN(S(=O)(=O)c3cccc(CC#N)c3)CC2)OC1=O. The summed E-state index contributed by atoms with van der Waals surface area (Å²) in [6, 6.07) is 8.50. The van der Waals surface area contributed by atoms with E-state index in [0.29, 0.717) is 38.0 Å². The van der Waals surface area contributed by atoms with Crippen LogP contribution in [-0.4, -0.2) is 56.0 Å². The summed E-state index contributed by atoms with van der Waals surface area (Å²) in [5, 5.41) is 8.77. The largest absolute Gasteiger partial charge is 0.441 e. The van der Waals surface area contributed by atoms with Gasteiger partial charge < -0.3 is 9.64 Å². The number of hydrogen-bond acceptors (Lipinski definition) is 5. The molecule has 0 saturated carbocycles. The Kier molecular flexibility index (Phi) is 4.24. The molecule has 2 aliphatic heterocycles. The number of hydrogen-bond donors (Lipinski definition) is 0. The summed E-state index contributed by atoms with van der Waals surface area (Å²) < 4.78 is 32.5. The minimum absolute atomic E-state index is 0.175. The molecule has 0 aromatic heterocycles. The van der Waals surface area contributed by atoms with Gasteiger partial charge in [-0.3, -0.25) is 0 Å². The number of sulfonamides is 1. The molecule has 7 nitrogen and oxygen atoms in total. The van der Waals surface area contributed by atoms with Crippen molar-refractivity contribution in [1.82, 2.24) is 9.21 Å². The Morgan fingerprint density at radius 2 is 2.04 bits per heavy atom. The summed E-state index contributed by atoms with van der Waals surface area (Å²) in [6.45, 7) is 1.12. The molecule has 2 saturated heterocycles. The van der Waals surface area contributed by atoms with Crippen molar-refractivity contribution >= 4 is 16.1 Å². The van der Waals surface area contributed by atoms with Gasteiger partial charge in [-0.15, -0.1) is 0 Å². The Morgan fingerprint density at radius 3 is 2.62 bits per heavy atom. The second kappa shape index (κ2) is 6.07. The maximum atomic E-state index is 12.8. The van der Waals surface area contributed by atoms with Crippen molar-refractivity contribution in [3.05, 3.63) is 29.8 Å². The summed E-state index contributed by atoms with van der Waals surface area (Å²) in [5.41, 5.74) is 0.110. The summed E-state index contributed by atoms with van der Waals surface area (Å²) in [6.07, 6.45) is 0.797. The van der Waals surface area contributed by atoms with Crippen molar-refractivity contribution in [2.75, 3.05) is 26.7 Å². The van der Waals surface area contributed by atoms with Crippen molar-refractivity contribution in [2.24, 2.45) is 0 Å². The smallest absolute Gasteiger partial charge is 0.410 e. The highest BCUT2D eigenvalue weighted by Gasteiger charge is 2.47. The van der Waals surface area contributed by atoms with Crippen LogP contribution in [0.4, 0.5) is 4.79 Å². The van der Waals surface area contributed by atoms with Crippen molar-refractivity contribution < 1.29 is 17.9 Å². The Balaban J connectivity index is 1.75. The highest BCUT2D eigenvalue weighted by Crippen LogP contribution is 2.34. The number of benzene rings is 1. The van der Waals surface area contributed by atoms with E-state index in [2.05, 4.69) is 0 Å². The lowest BCUT2D eigenvalue weighted by atomic mass is 9.92. The first-order valence-electron chi connectivity index (χ1n) is 7.76. The number of likely N-dealkylation sites (N-methyl/N-ethyl adjacent to an activating group) is 1. The fourth-order valence-electron chi connectivity index (χ4n) is 3.24. The second-order valence-corrected chi connectivity index (χ2v) is 8.23. The minimum Gasteiger partial charge on any atom is -0.441 e. The number of carbonyl (C=O) groups is 1. The van der Waals surface area contributed by atoms with E-state index in [1.807, 2.05) is 6.07 Å². The van der Waals surface area contributed by atoms with Crippen molar-refractivity contribution in [2.45, 2.75) is 29.8 Å². The number of nitrogens with zero attached hydrogens (tertiary/aromatic N) is 3. The Hall–Kier alpha value is -2.11. The van der Waals surface area contributed by atoms with E-state index < -0.39 is 15.6 Å². The molecule has 2 fully saturated rings. The first-order valence-corrected chi connectivity index (χ1v) is 9.20. The van der Waals surface area contributed by atoms with Crippen LogP contribution in [0.1, 0.15) is 18.4 Å². The molecule has 8 heteroatoms. The number of nitriles is 1. The van der Waals surface area contributed by atoms with Crippen molar-refractivity contribution in [3.63, 3.8) is 0 Å². The average molecular weight is 349 g/mol. The number of piperidine rings is 1. The van der Waals surface area contributed by atoms with Gasteiger partial charge in [0.2, 0.25) is 10.0 Å². The molecule has 0 N–H and O–H groups in total. The van der Waals surface area contributed by atoms with Gasteiger partial charge in [0.05, 0.1) is 23.9 Å². The summed E-state index contributed by atoms with van der Waals surface area (Å²) in [7, 11) is -1.92. The van der Waals surface area contributed by atoms with Crippen LogP contribution in [0.15, 0.2) is 29.2 Å². The molecule has 1 aromatic carbocycles. The molecular weight excluding hydrogens is 330 g/mol. The van der Waals surface area contributed by atoms with Crippen LogP contribution in [0, 0.1) is 11.3 Å². The van der Waals surface area contributed by atoms with Crippen LogP contribution >= 0.6 is 0 Å². The third-order valence-corrected chi connectivity index (χ3v) is 6.49. The van der Waals surface area contributed by atoms with E-state index >= 15 is 0 Å².